The van der Waals surface area contributed by atoms with Crippen molar-refractivity contribution in [2.45, 2.75) is 58.8 Å². The molecule has 1 fully saturated rings. The van der Waals surface area contributed by atoms with Crippen molar-refractivity contribution in [1.29, 1.82) is 0 Å². The summed E-state index contributed by atoms with van der Waals surface area (Å²) < 4.78 is 32.0. The van der Waals surface area contributed by atoms with Crippen molar-refractivity contribution in [3.05, 3.63) is 64.2 Å². The minimum atomic E-state index is -3.27. The molecule has 2 aliphatic rings. The summed E-state index contributed by atoms with van der Waals surface area (Å²) in [6.45, 7) is 7.16. The molecule has 31 heavy (non-hydrogen) atoms. The molecule has 0 unspecified atom stereocenters. The number of nitrogens with zero attached hydrogens (tertiary/aromatic N) is 2. The van der Waals surface area contributed by atoms with E-state index in [9.17, 15) is 13.2 Å². The molecule has 0 spiro atoms. The Kier molecular flexibility index (Phi) is 5.83. The van der Waals surface area contributed by atoms with Crippen molar-refractivity contribution in [2.24, 2.45) is 0 Å². The maximum Gasteiger partial charge on any atom is 0.254 e. The van der Waals surface area contributed by atoms with Crippen LogP contribution in [-0.2, 0) is 23.1 Å². The quantitative estimate of drug-likeness (QED) is 0.709. The van der Waals surface area contributed by atoms with E-state index in [2.05, 4.69) is 0 Å². The van der Waals surface area contributed by atoms with Gasteiger partial charge in [-0.05, 0) is 62.9 Å². The SMILES string of the molecule is Cc1ccc(C(=O)N2Cc3cc(CN(C4CC4)S(C)(=O)=O)ccc3OC[C@@H]2C)c(C)c1. The Bertz CT molecular complexity index is 1110. The van der Waals surface area contributed by atoms with Crippen molar-refractivity contribution < 1.29 is 17.9 Å². The van der Waals surface area contributed by atoms with Crippen LogP contribution in [0, 0.1) is 13.8 Å². The minimum Gasteiger partial charge on any atom is -0.491 e. The Morgan fingerprint density at radius 1 is 1.16 bits per heavy atom. The lowest BCUT2D eigenvalue weighted by Crippen LogP contribution is -2.40. The zero-order valence-corrected chi connectivity index (χ0v) is 19.4. The van der Waals surface area contributed by atoms with Gasteiger partial charge in [0.2, 0.25) is 10.0 Å². The van der Waals surface area contributed by atoms with Crippen LogP contribution in [0.25, 0.3) is 0 Å². The third kappa shape index (κ3) is 4.77. The molecule has 6 nitrogen and oxygen atoms in total. The monoisotopic (exact) mass is 442 g/mol. The second-order valence-electron chi connectivity index (χ2n) is 8.89. The normalized spacial score (nSPS) is 19.0. The molecule has 4 rings (SSSR count). The Morgan fingerprint density at radius 3 is 2.55 bits per heavy atom. The van der Waals surface area contributed by atoms with Crippen LogP contribution in [0.15, 0.2) is 36.4 Å². The molecule has 2 aromatic rings. The zero-order chi connectivity index (χ0) is 22.3. The van der Waals surface area contributed by atoms with Crippen molar-refractivity contribution >= 4 is 15.9 Å². The number of hydrogen-bond donors (Lipinski definition) is 0. The zero-order valence-electron chi connectivity index (χ0n) is 18.6. The lowest BCUT2D eigenvalue weighted by Gasteiger charge is -2.27. The van der Waals surface area contributed by atoms with Gasteiger partial charge in [-0.15, -0.1) is 0 Å². The van der Waals surface area contributed by atoms with Gasteiger partial charge in [-0.3, -0.25) is 4.79 Å². The van der Waals surface area contributed by atoms with E-state index in [-0.39, 0.29) is 18.0 Å². The fourth-order valence-corrected chi connectivity index (χ4v) is 5.31. The predicted molar refractivity (Wildman–Crippen MR) is 121 cm³/mol. The van der Waals surface area contributed by atoms with Gasteiger partial charge in [0.15, 0.2) is 0 Å². The number of carbonyl (C=O) groups is 1. The van der Waals surface area contributed by atoms with Crippen LogP contribution in [0.5, 0.6) is 5.75 Å². The first kappa shape index (κ1) is 21.8. The van der Waals surface area contributed by atoms with Gasteiger partial charge in [0.1, 0.15) is 12.4 Å². The summed E-state index contributed by atoms with van der Waals surface area (Å²) in [5.41, 5.74) is 4.61. The maximum absolute atomic E-state index is 13.4. The van der Waals surface area contributed by atoms with Crippen LogP contribution in [0.4, 0.5) is 0 Å². The fraction of sp³-hybridized carbons (Fsp3) is 0.458. The van der Waals surface area contributed by atoms with Gasteiger partial charge >= 0.3 is 0 Å². The Balaban J connectivity index is 1.61. The molecule has 7 heteroatoms. The van der Waals surface area contributed by atoms with Crippen molar-refractivity contribution in [3.8, 4) is 5.75 Å². The molecule has 166 valence electrons. The molecule has 1 atom stereocenters. The standard InChI is InChI=1S/C24H30N2O4S/c1-16-5-9-22(17(2)11-16)24(27)25-14-20-12-19(6-10-23(20)30-15-18(25)3)13-26(21-7-8-21)31(4,28)29/h5-6,9-12,18,21H,7-8,13-15H2,1-4H3/t18-/m0/s1. The lowest BCUT2D eigenvalue weighted by molar-refractivity contribution is 0.0644. The van der Waals surface area contributed by atoms with Gasteiger partial charge < -0.3 is 9.64 Å². The van der Waals surface area contributed by atoms with Crippen molar-refractivity contribution in [3.63, 3.8) is 0 Å². The first-order chi connectivity index (χ1) is 14.6. The molecule has 2 aromatic carbocycles. The van der Waals surface area contributed by atoms with E-state index in [0.717, 1.165) is 40.8 Å². The van der Waals surface area contributed by atoms with Gasteiger partial charge in [0.25, 0.3) is 5.91 Å². The Labute approximate surface area is 184 Å². The highest BCUT2D eigenvalue weighted by atomic mass is 32.2. The van der Waals surface area contributed by atoms with Crippen molar-refractivity contribution in [2.75, 3.05) is 12.9 Å². The molecule has 1 aliphatic carbocycles. The topological polar surface area (TPSA) is 66.9 Å². The molecule has 1 heterocycles. The highest BCUT2D eigenvalue weighted by Crippen LogP contribution is 2.32. The molecule has 0 N–H and O–H groups in total. The van der Waals surface area contributed by atoms with E-state index in [1.165, 1.54) is 6.26 Å². The third-order valence-electron chi connectivity index (χ3n) is 6.07. The summed E-state index contributed by atoms with van der Waals surface area (Å²) >= 11 is 0. The number of sulfonamides is 1. The summed E-state index contributed by atoms with van der Waals surface area (Å²) in [5, 5.41) is 0. The van der Waals surface area contributed by atoms with Crippen LogP contribution in [-0.4, -0.2) is 48.5 Å². The lowest BCUT2D eigenvalue weighted by atomic mass is 10.0. The number of aryl methyl sites for hydroxylation is 2. The molecular weight excluding hydrogens is 412 g/mol. The summed E-state index contributed by atoms with van der Waals surface area (Å²) in [4.78, 5) is 15.2. The first-order valence-corrected chi connectivity index (χ1v) is 12.6. The average molecular weight is 443 g/mol. The van der Waals surface area contributed by atoms with Gasteiger partial charge in [-0.1, -0.05) is 23.8 Å². The summed E-state index contributed by atoms with van der Waals surface area (Å²) in [6.07, 6.45) is 3.09. The number of hydrogen-bond acceptors (Lipinski definition) is 4. The summed E-state index contributed by atoms with van der Waals surface area (Å²) in [5.74, 6) is 0.742. The highest BCUT2D eigenvalue weighted by Gasteiger charge is 2.35. The third-order valence-corrected chi connectivity index (χ3v) is 7.35. The van der Waals surface area contributed by atoms with E-state index in [0.29, 0.717) is 25.3 Å². The summed E-state index contributed by atoms with van der Waals surface area (Å²) in [7, 11) is -3.27. The van der Waals surface area contributed by atoms with E-state index in [4.69, 9.17) is 4.74 Å². The molecule has 1 saturated carbocycles. The van der Waals surface area contributed by atoms with Crippen LogP contribution in [0.2, 0.25) is 0 Å². The average Bonchev–Trinajstić information content (AvgIpc) is 3.53. The van der Waals surface area contributed by atoms with Gasteiger partial charge in [-0.25, -0.2) is 8.42 Å². The van der Waals surface area contributed by atoms with E-state index < -0.39 is 10.0 Å². The number of carbonyl (C=O) groups excluding carboxylic acids is 1. The van der Waals surface area contributed by atoms with Gasteiger partial charge in [0, 0.05) is 23.7 Å². The van der Waals surface area contributed by atoms with Crippen LogP contribution in [0.3, 0.4) is 0 Å². The van der Waals surface area contributed by atoms with E-state index in [1.807, 2.05) is 62.1 Å². The van der Waals surface area contributed by atoms with Gasteiger partial charge in [-0.2, -0.15) is 4.31 Å². The molecular formula is C24H30N2O4S. The Hall–Kier alpha value is -2.38. The Morgan fingerprint density at radius 2 is 1.90 bits per heavy atom. The highest BCUT2D eigenvalue weighted by molar-refractivity contribution is 7.88. The molecule has 1 aliphatic heterocycles. The minimum absolute atomic E-state index is 0.0115. The van der Waals surface area contributed by atoms with Gasteiger partial charge in [0.05, 0.1) is 18.8 Å². The number of ether oxygens (including phenoxy) is 1. The van der Waals surface area contributed by atoms with E-state index in [1.54, 1.807) is 4.31 Å². The second-order valence-corrected chi connectivity index (χ2v) is 10.8. The number of fused-ring (bicyclic) bond motifs is 1. The molecule has 1 amide bonds. The second kappa shape index (κ2) is 8.28. The maximum atomic E-state index is 13.4. The van der Waals surface area contributed by atoms with E-state index >= 15 is 0 Å². The van der Waals surface area contributed by atoms with Crippen LogP contribution >= 0.6 is 0 Å². The smallest absolute Gasteiger partial charge is 0.254 e. The fourth-order valence-electron chi connectivity index (χ4n) is 4.18. The number of rotatable bonds is 5. The predicted octanol–water partition coefficient (Wildman–Crippen LogP) is 3.65. The molecule has 0 radical (unpaired) electrons. The number of amides is 1. The largest absolute Gasteiger partial charge is 0.491 e. The number of benzene rings is 2. The van der Waals surface area contributed by atoms with Crippen molar-refractivity contribution in [1.82, 2.24) is 9.21 Å². The van der Waals surface area contributed by atoms with Crippen LogP contribution < -0.4 is 4.74 Å². The molecule has 0 aromatic heterocycles. The first-order valence-electron chi connectivity index (χ1n) is 10.7. The molecule has 0 bridgehead atoms. The molecule has 0 saturated heterocycles. The summed E-state index contributed by atoms with van der Waals surface area (Å²) in [6, 6.07) is 11.7. The van der Waals surface area contributed by atoms with Crippen LogP contribution in [0.1, 0.15) is 52.4 Å².